The summed E-state index contributed by atoms with van der Waals surface area (Å²) in [6.45, 7) is 0. The van der Waals surface area contributed by atoms with E-state index in [2.05, 4.69) is 14.7 Å². The van der Waals surface area contributed by atoms with Gasteiger partial charge < -0.3 is 9.42 Å². The monoisotopic (exact) mass is 481 g/mol. The zero-order valence-electron chi connectivity index (χ0n) is 13.9. The largest absolute Gasteiger partial charge is 0.460 e. The third-order valence-corrected chi connectivity index (χ3v) is 3.41. The average Bonchev–Trinajstić information content (AvgIpc) is 3.03. The Balaban J connectivity index is 3.61. The van der Waals surface area contributed by atoms with Gasteiger partial charge in [0.2, 0.25) is 5.82 Å². The first kappa shape index (κ1) is 25.9. The van der Waals surface area contributed by atoms with Crippen LogP contribution in [0.5, 0.6) is 0 Å². The molecule has 1 aromatic rings. The molecule has 0 amide bonds. The smallest absolute Gasteiger partial charge is 0.331 e. The van der Waals surface area contributed by atoms with Crippen LogP contribution < -0.4 is 4.90 Å². The van der Waals surface area contributed by atoms with Gasteiger partial charge in [0.1, 0.15) is 0 Å². The van der Waals surface area contributed by atoms with Gasteiger partial charge in [-0.15, -0.1) is 0 Å². The third-order valence-electron chi connectivity index (χ3n) is 3.41. The lowest BCUT2D eigenvalue weighted by Crippen LogP contribution is -2.72. The molecule has 0 spiro atoms. The molecule has 0 atom stereocenters. The van der Waals surface area contributed by atoms with Gasteiger partial charge in [-0.25, -0.2) is 0 Å². The zero-order valence-corrected chi connectivity index (χ0v) is 13.9. The Kier molecular flexibility index (Phi) is 5.78. The van der Waals surface area contributed by atoms with Gasteiger partial charge in [-0.3, -0.25) is 0 Å². The van der Waals surface area contributed by atoms with Crippen molar-refractivity contribution in [2.45, 2.75) is 41.7 Å². The molecule has 1 rings (SSSR count). The molecule has 0 fully saturated rings. The van der Waals surface area contributed by atoms with E-state index in [0.717, 1.165) is 14.1 Å². The van der Waals surface area contributed by atoms with Gasteiger partial charge in [-0.1, -0.05) is 5.16 Å². The summed E-state index contributed by atoms with van der Waals surface area (Å²) in [5.41, 5.74) is 0. The molecular weight excluding hydrogens is 475 g/mol. The van der Waals surface area contributed by atoms with Crippen molar-refractivity contribution in [3.05, 3.63) is 5.82 Å². The van der Waals surface area contributed by atoms with Gasteiger partial charge >= 0.3 is 47.7 Å². The average molecular weight is 481 g/mol. The van der Waals surface area contributed by atoms with Crippen LogP contribution in [0.1, 0.15) is 5.82 Å². The number of aromatic nitrogens is 2. The maximum Gasteiger partial charge on any atom is 0.460 e. The molecule has 4 nitrogen and oxygen atoms in total. The predicted octanol–water partition coefficient (Wildman–Crippen LogP) is 4.97. The quantitative estimate of drug-likeness (QED) is 0.517. The number of hydrogen-bond donors (Lipinski definition) is 0. The Morgan fingerprint density at radius 2 is 0.967 bits per heavy atom. The summed E-state index contributed by atoms with van der Waals surface area (Å²) in [5, 5.41) is 2.07. The van der Waals surface area contributed by atoms with Crippen molar-refractivity contribution in [3.63, 3.8) is 0 Å². The highest BCUT2D eigenvalue weighted by molar-refractivity contribution is 5.24. The highest BCUT2D eigenvalue weighted by Crippen LogP contribution is 2.63. The van der Waals surface area contributed by atoms with E-state index in [0.29, 0.717) is 4.90 Å². The van der Waals surface area contributed by atoms with Gasteiger partial charge in [0.15, 0.2) is 0 Å². The van der Waals surface area contributed by atoms with Crippen molar-refractivity contribution in [1.29, 1.82) is 0 Å². The van der Waals surface area contributed by atoms with E-state index < -0.39 is 53.6 Å². The molecule has 0 aromatic carbocycles. The molecular formula is C11H6F15N3O. The van der Waals surface area contributed by atoms with E-state index in [4.69, 9.17) is 0 Å². The van der Waals surface area contributed by atoms with Crippen molar-refractivity contribution >= 4 is 6.01 Å². The fraction of sp³-hybridized carbons (Fsp3) is 0.818. The fourth-order valence-electron chi connectivity index (χ4n) is 1.63. The Morgan fingerprint density at radius 3 is 1.30 bits per heavy atom. The molecule has 176 valence electrons. The second-order valence-corrected chi connectivity index (χ2v) is 5.74. The molecule has 0 N–H and O–H groups in total. The number of anilines is 1. The van der Waals surface area contributed by atoms with Crippen LogP contribution in [0.15, 0.2) is 4.52 Å². The standard InChI is InChI=1S/C11H6F15N3O/c1-29(2)4-27-3(28-30-4)5(12,13)6(14,15)7(16,17)8(18,19)9(20,21)10(22,23)11(24,25)26/h1-2H3. The number of nitrogens with zero attached hydrogens (tertiary/aromatic N) is 3. The van der Waals surface area contributed by atoms with Gasteiger partial charge in [-0.2, -0.15) is 70.8 Å². The first-order valence-corrected chi connectivity index (χ1v) is 6.76. The van der Waals surface area contributed by atoms with E-state index in [9.17, 15) is 65.9 Å². The summed E-state index contributed by atoms with van der Waals surface area (Å²) in [4.78, 5) is 3.02. The van der Waals surface area contributed by atoms with Crippen LogP contribution in [0, 0.1) is 0 Å². The van der Waals surface area contributed by atoms with Crippen LogP contribution in [-0.2, 0) is 5.92 Å². The molecule has 0 aliphatic carbocycles. The minimum atomic E-state index is -8.36. The lowest BCUT2D eigenvalue weighted by atomic mass is 9.91. The topological polar surface area (TPSA) is 42.2 Å². The Labute approximate surface area is 154 Å². The molecule has 1 aromatic heterocycles. The van der Waals surface area contributed by atoms with E-state index in [1.54, 1.807) is 0 Å². The summed E-state index contributed by atoms with van der Waals surface area (Å²) in [7, 11) is 1.88. The van der Waals surface area contributed by atoms with Crippen LogP contribution in [0.25, 0.3) is 0 Å². The van der Waals surface area contributed by atoms with E-state index in [1.807, 2.05) is 0 Å². The van der Waals surface area contributed by atoms with Crippen LogP contribution >= 0.6 is 0 Å². The van der Waals surface area contributed by atoms with E-state index >= 15 is 0 Å². The fourth-order valence-corrected chi connectivity index (χ4v) is 1.63. The molecule has 0 bridgehead atoms. The second kappa shape index (κ2) is 6.69. The van der Waals surface area contributed by atoms with Crippen molar-refractivity contribution in [2.24, 2.45) is 0 Å². The maximum absolute atomic E-state index is 13.7. The Morgan fingerprint density at radius 1 is 0.600 bits per heavy atom. The van der Waals surface area contributed by atoms with E-state index in [1.165, 1.54) is 0 Å². The highest BCUT2D eigenvalue weighted by Gasteiger charge is 2.93. The Hall–Kier alpha value is -2.11. The molecule has 19 heteroatoms. The van der Waals surface area contributed by atoms with Gasteiger partial charge in [0, 0.05) is 14.1 Å². The third kappa shape index (κ3) is 3.19. The molecule has 0 saturated heterocycles. The summed E-state index contributed by atoms with van der Waals surface area (Å²) in [6, 6.07) is -1.11. The molecule has 30 heavy (non-hydrogen) atoms. The Bertz CT molecular complexity index is 766. The first-order chi connectivity index (χ1) is 12.9. The van der Waals surface area contributed by atoms with Crippen LogP contribution in [0.4, 0.5) is 71.9 Å². The zero-order chi connectivity index (χ0) is 24.4. The van der Waals surface area contributed by atoms with Crippen LogP contribution in [-0.4, -0.2) is 60.0 Å². The number of hydrogen-bond acceptors (Lipinski definition) is 4. The van der Waals surface area contributed by atoms with Gasteiger partial charge in [0.05, 0.1) is 0 Å². The summed E-state index contributed by atoms with van der Waals surface area (Å²) < 4.78 is 199. The maximum atomic E-state index is 13.7. The lowest BCUT2D eigenvalue weighted by molar-refractivity contribution is -0.454. The molecule has 0 aliphatic rings. The molecule has 1 heterocycles. The van der Waals surface area contributed by atoms with Crippen molar-refractivity contribution in [3.8, 4) is 0 Å². The first-order valence-electron chi connectivity index (χ1n) is 6.76. The SMILES string of the molecule is CN(C)c1nc(C(F)(F)C(F)(F)C(F)(F)C(F)(F)C(F)(F)C(F)(F)C(F)(F)F)no1. The van der Waals surface area contributed by atoms with Crippen LogP contribution in [0.3, 0.4) is 0 Å². The van der Waals surface area contributed by atoms with Crippen molar-refractivity contribution < 1.29 is 70.4 Å². The van der Waals surface area contributed by atoms with Gasteiger partial charge in [-0.05, 0) is 0 Å². The van der Waals surface area contributed by atoms with Crippen molar-refractivity contribution in [1.82, 2.24) is 10.1 Å². The van der Waals surface area contributed by atoms with Gasteiger partial charge in [0.25, 0.3) is 0 Å². The number of halogens is 15. The summed E-state index contributed by atoms with van der Waals surface area (Å²) in [5.74, 6) is -50.1. The van der Waals surface area contributed by atoms with E-state index in [-0.39, 0.29) is 0 Å². The normalized spacial score (nSPS) is 15.5. The number of alkyl halides is 15. The molecule has 0 radical (unpaired) electrons. The molecule has 0 saturated carbocycles. The second-order valence-electron chi connectivity index (χ2n) is 5.74. The molecule has 0 unspecified atom stereocenters. The van der Waals surface area contributed by atoms with Crippen molar-refractivity contribution in [2.75, 3.05) is 19.0 Å². The highest BCUT2D eigenvalue weighted by atomic mass is 19.4. The number of rotatable bonds is 7. The molecule has 0 aliphatic heterocycles. The summed E-state index contributed by atoms with van der Waals surface area (Å²) >= 11 is 0. The summed E-state index contributed by atoms with van der Waals surface area (Å²) in [6.07, 6.45) is -7.65. The van der Waals surface area contributed by atoms with Crippen LogP contribution in [0.2, 0.25) is 0 Å². The minimum absolute atomic E-state index is 0.607. The lowest BCUT2D eigenvalue weighted by Gasteiger charge is -2.40. The minimum Gasteiger partial charge on any atom is -0.331 e. The predicted molar refractivity (Wildman–Crippen MR) is 63.3 cm³/mol.